The molecule has 1 fully saturated rings. The second-order valence-corrected chi connectivity index (χ2v) is 5.05. The van der Waals surface area contributed by atoms with Crippen molar-refractivity contribution in [3.05, 3.63) is 12.2 Å². The molecule has 5 nitrogen and oxygen atoms in total. The van der Waals surface area contributed by atoms with Gasteiger partial charge in [-0.05, 0) is 18.4 Å². The molecule has 2 N–H and O–H groups in total. The van der Waals surface area contributed by atoms with E-state index in [0.29, 0.717) is 18.7 Å². The zero-order valence-corrected chi connectivity index (χ0v) is 11.5. The summed E-state index contributed by atoms with van der Waals surface area (Å²) >= 11 is 0. The Labute approximate surface area is 109 Å². The monoisotopic (exact) mass is 253 g/mol. The third-order valence-corrected chi connectivity index (χ3v) is 3.05. The normalized spacial score (nSPS) is 17.4. The number of ketones is 1. The minimum absolute atomic E-state index is 0.0565. The molecular formula is C13H23N3O2. The van der Waals surface area contributed by atoms with E-state index in [4.69, 9.17) is 0 Å². The van der Waals surface area contributed by atoms with Gasteiger partial charge in [0.2, 0.25) is 0 Å². The van der Waals surface area contributed by atoms with Crippen LogP contribution in [0.1, 0.15) is 20.8 Å². The van der Waals surface area contributed by atoms with Crippen molar-refractivity contribution in [2.24, 2.45) is 5.92 Å². The highest BCUT2D eigenvalue weighted by Gasteiger charge is 2.26. The molecule has 0 aromatic heterocycles. The van der Waals surface area contributed by atoms with Gasteiger partial charge in [-0.3, -0.25) is 4.79 Å². The van der Waals surface area contributed by atoms with Gasteiger partial charge in [-0.15, -0.1) is 0 Å². The average molecular weight is 253 g/mol. The predicted octanol–water partition coefficient (Wildman–Crippen LogP) is 0.771. The number of carbonyl (C=O) groups excluding carboxylic acids is 2. The van der Waals surface area contributed by atoms with E-state index < -0.39 is 6.04 Å². The number of Topliss-reactive ketones (excluding diaryl/α,β-unsaturated/α-hetero) is 1. The Morgan fingerprint density at radius 1 is 1.28 bits per heavy atom. The molecule has 1 heterocycles. The molecule has 18 heavy (non-hydrogen) atoms. The van der Waals surface area contributed by atoms with Gasteiger partial charge in [0, 0.05) is 26.2 Å². The summed E-state index contributed by atoms with van der Waals surface area (Å²) in [5.41, 5.74) is 0.481. The summed E-state index contributed by atoms with van der Waals surface area (Å²) in [6.07, 6.45) is 0. The summed E-state index contributed by atoms with van der Waals surface area (Å²) in [4.78, 5) is 25.7. The third kappa shape index (κ3) is 3.84. The first kappa shape index (κ1) is 14.7. The van der Waals surface area contributed by atoms with E-state index in [9.17, 15) is 9.59 Å². The molecule has 0 spiro atoms. The van der Waals surface area contributed by atoms with Crippen LogP contribution < -0.4 is 10.6 Å². The van der Waals surface area contributed by atoms with Crippen molar-refractivity contribution in [2.45, 2.75) is 26.8 Å². The second kappa shape index (κ2) is 6.54. The van der Waals surface area contributed by atoms with Gasteiger partial charge in [0.1, 0.15) is 0 Å². The number of rotatable bonds is 4. The summed E-state index contributed by atoms with van der Waals surface area (Å²) in [6.45, 7) is 12.1. The predicted molar refractivity (Wildman–Crippen MR) is 71.4 cm³/mol. The summed E-state index contributed by atoms with van der Waals surface area (Å²) in [5, 5.41) is 6.00. The summed E-state index contributed by atoms with van der Waals surface area (Å²) in [6, 6.07) is -0.644. The van der Waals surface area contributed by atoms with Crippen molar-refractivity contribution in [1.29, 1.82) is 0 Å². The lowest BCUT2D eigenvalue weighted by Crippen LogP contribution is -2.54. The van der Waals surface area contributed by atoms with Gasteiger partial charge in [0.05, 0.1) is 6.04 Å². The van der Waals surface area contributed by atoms with Gasteiger partial charge >= 0.3 is 6.03 Å². The zero-order chi connectivity index (χ0) is 13.7. The van der Waals surface area contributed by atoms with E-state index in [1.807, 2.05) is 13.8 Å². The fraction of sp³-hybridized carbons (Fsp3) is 0.692. The molecule has 5 heteroatoms. The van der Waals surface area contributed by atoms with E-state index in [0.717, 1.165) is 13.1 Å². The number of urea groups is 1. The molecule has 1 aliphatic rings. The van der Waals surface area contributed by atoms with Gasteiger partial charge in [-0.25, -0.2) is 4.79 Å². The Morgan fingerprint density at radius 3 is 2.28 bits per heavy atom. The van der Waals surface area contributed by atoms with Crippen LogP contribution in [0.15, 0.2) is 12.2 Å². The highest BCUT2D eigenvalue weighted by atomic mass is 16.2. The van der Waals surface area contributed by atoms with Crippen LogP contribution in [-0.4, -0.2) is 48.9 Å². The molecule has 1 rings (SSSR count). The quantitative estimate of drug-likeness (QED) is 0.728. The van der Waals surface area contributed by atoms with Gasteiger partial charge in [0.15, 0.2) is 5.78 Å². The molecule has 0 unspecified atom stereocenters. The van der Waals surface area contributed by atoms with Crippen molar-refractivity contribution in [1.82, 2.24) is 15.5 Å². The van der Waals surface area contributed by atoms with Crippen LogP contribution >= 0.6 is 0 Å². The first-order valence-corrected chi connectivity index (χ1v) is 6.39. The standard InChI is InChI=1S/C13H23N3O2/c1-9(2)11(12(17)10(3)4)15-13(18)16-7-5-14-6-8-16/h9,11,14H,3,5-8H2,1-2,4H3,(H,15,18)/t11-/m0/s1. The van der Waals surface area contributed by atoms with Crippen molar-refractivity contribution in [2.75, 3.05) is 26.2 Å². The van der Waals surface area contributed by atoms with E-state index in [1.165, 1.54) is 0 Å². The maximum atomic E-state index is 12.0. The minimum atomic E-state index is -0.482. The Balaban J connectivity index is 2.62. The Bertz CT molecular complexity index is 333. The smallest absolute Gasteiger partial charge is 0.318 e. The first-order valence-electron chi connectivity index (χ1n) is 6.39. The summed E-state index contributed by atoms with van der Waals surface area (Å²) < 4.78 is 0. The van der Waals surface area contributed by atoms with E-state index in [2.05, 4.69) is 17.2 Å². The molecule has 2 amide bonds. The van der Waals surface area contributed by atoms with Crippen LogP contribution in [0.5, 0.6) is 0 Å². The zero-order valence-electron chi connectivity index (χ0n) is 11.5. The highest BCUT2D eigenvalue weighted by molar-refractivity contribution is 6.00. The molecule has 0 saturated carbocycles. The molecule has 1 atom stereocenters. The maximum absolute atomic E-state index is 12.0. The first-order chi connectivity index (χ1) is 8.43. The topological polar surface area (TPSA) is 61.4 Å². The fourth-order valence-electron chi connectivity index (χ4n) is 1.89. The number of nitrogens with zero attached hydrogens (tertiary/aromatic N) is 1. The van der Waals surface area contributed by atoms with Crippen molar-refractivity contribution in [3.63, 3.8) is 0 Å². The largest absolute Gasteiger partial charge is 0.328 e. The molecule has 0 bridgehead atoms. The Hall–Kier alpha value is -1.36. The molecule has 1 aliphatic heterocycles. The average Bonchev–Trinajstić information content (AvgIpc) is 2.35. The molecule has 0 aromatic carbocycles. The van der Waals surface area contributed by atoms with Gasteiger partial charge in [0.25, 0.3) is 0 Å². The molecule has 0 radical (unpaired) electrons. The van der Waals surface area contributed by atoms with Gasteiger partial charge in [-0.2, -0.15) is 0 Å². The Kier molecular flexibility index (Phi) is 5.34. The molecule has 0 aliphatic carbocycles. The highest BCUT2D eigenvalue weighted by Crippen LogP contribution is 2.08. The number of hydrogen-bond donors (Lipinski definition) is 2. The van der Waals surface area contributed by atoms with E-state index in [-0.39, 0.29) is 17.7 Å². The molecule has 102 valence electrons. The second-order valence-electron chi connectivity index (χ2n) is 5.05. The van der Waals surface area contributed by atoms with Crippen LogP contribution in [0.4, 0.5) is 4.79 Å². The van der Waals surface area contributed by atoms with Crippen molar-refractivity contribution in [3.8, 4) is 0 Å². The lowest BCUT2D eigenvalue weighted by Gasteiger charge is -2.30. The van der Waals surface area contributed by atoms with Crippen molar-refractivity contribution < 1.29 is 9.59 Å². The number of carbonyl (C=O) groups is 2. The Morgan fingerprint density at radius 2 is 1.83 bits per heavy atom. The minimum Gasteiger partial charge on any atom is -0.328 e. The summed E-state index contributed by atoms with van der Waals surface area (Å²) in [5.74, 6) is -0.0328. The fourth-order valence-corrected chi connectivity index (χ4v) is 1.89. The van der Waals surface area contributed by atoms with Gasteiger partial charge < -0.3 is 15.5 Å². The summed E-state index contributed by atoms with van der Waals surface area (Å²) in [7, 11) is 0. The van der Waals surface area contributed by atoms with E-state index in [1.54, 1.807) is 11.8 Å². The van der Waals surface area contributed by atoms with Crippen LogP contribution in [0.25, 0.3) is 0 Å². The number of piperazine rings is 1. The number of amides is 2. The number of nitrogens with one attached hydrogen (secondary N) is 2. The molecular weight excluding hydrogens is 230 g/mol. The lowest BCUT2D eigenvalue weighted by atomic mass is 9.96. The molecule has 0 aromatic rings. The number of hydrogen-bond acceptors (Lipinski definition) is 3. The van der Waals surface area contributed by atoms with Gasteiger partial charge in [-0.1, -0.05) is 20.4 Å². The van der Waals surface area contributed by atoms with Crippen LogP contribution in [0.3, 0.4) is 0 Å². The van der Waals surface area contributed by atoms with Crippen LogP contribution in [0.2, 0.25) is 0 Å². The SMILES string of the molecule is C=C(C)C(=O)[C@@H](NC(=O)N1CCNCC1)C(C)C. The van der Waals surface area contributed by atoms with E-state index >= 15 is 0 Å². The van der Waals surface area contributed by atoms with Crippen LogP contribution in [-0.2, 0) is 4.79 Å². The maximum Gasteiger partial charge on any atom is 0.318 e. The lowest BCUT2D eigenvalue weighted by molar-refractivity contribution is -0.118. The van der Waals surface area contributed by atoms with Crippen LogP contribution in [0, 0.1) is 5.92 Å². The van der Waals surface area contributed by atoms with Crippen molar-refractivity contribution >= 4 is 11.8 Å². The third-order valence-electron chi connectivity index (χ3n) is 3.05. The molecule has 1 saturated heterocycles.